The molecule has 2 aromatic carbocycles. The summed E-state index contributed by atoms with van der Waals surface area (Å²) in [6.07, 6.45) is 1.54. The summed E-state index contributed by atoms with van der Waals surface area (Å²) in [6.45, 7) is 0.672. The van der Waals surface area contributed by atoms with Gasteiger partial charge in [-0.1, -0.05) is 47.7 Å². The first kappa shape index (κ1) is 16.3. The molecule has 3 rings (SSSR count). The molecule has 0 unspecified atom stereocenters. The summed E-state index contributed by atoms with van der Waals surface area (Å²) in [6, 6.07) is 12.9. The van der Waals surface area contributed by atoms with Gasteiger partial charge < -0.3 is 4.74 Å². The number of fused-ring (bicyclic) bond motifs is 1. The van der Waals surface area contributed by atoms with Crippen molar-refractivity contribution in [3.8, 4) is 11.8 Å². The molecule has 0 fully saturated rings. The average molecular weight is 339 g/mol. The summed E-state index contributed by atoms with van der Waals surface area (Å²) >= 11 is 6.19. The number of hydrogen-bond acceptors (Lipinski definition) is 3. The average Bonchev–Trinajstić information content (AvgIpc) is 2.59. The van der Waals surface area contributed by atoms with Gasteiger partial charge in [-0.15, -0.1) is 0 Å². The van der Waals surface area contributed by atoms with E-state index in [1.54, 1.807) is 30.1 Å². The quantitative estimate of drug-likeness (QED) is 0.689. The molecule has 0 radical (unpaired) electrons. The second kappa shape index (κ2) is 7.31. The zero-order chi connectivity index (χ0) is 16.9. The summed E-state index contributed by atoms with van der Waals surface area (Å²) in [5.41, 5.74) is 2.00. The van der Waals surface area contributed by atoms with E-state index < -0.39 is 0 Å². The van der Waals surface area contributed by atoms with Crippen LogP contribution in [0.2, 0.25) is 5.02 Å². The second-order valence-electron chi connectivity index (χ2n) is 5.20. The van der Waals surface area contributed by atoms with Crippen LogP contribution >= 0.6 is 11.6 Å². The molecule has 0 N–H and O–H groups in total. The van der Waals surface area contributed by atoms with Crippen molar-refractivity contribution in [1.29, 1.82) is 0 Å². The summed E-state index contributed by atoms with van der Waals surface area (Å²) in [5, 5.41) is 1.13. The first-order valence-corrected chi connectivity index (χ1v) is 7.78. The van der Waals surface area contributed by atoms with Crippen molar-refractivity contribution in [1.82, 2.24) is 9.55 Å². The highest BCUT2D eigenvalue weighted by Gasteiger charge is 2.09. The van der Waals surface area contributed by atoms with Crippen LogP contribution in [-0.4, -0.2) is 23.3 Å². The third-order valence-corrected chi connectivity index (χ3v) is 3.96. The number of methoxy groups -OCH3 is 1. The van der Waals surface area contributed by atoms with Crippen molar-refractivity contribution in [3.05, 3.63) is 75.3 Å². The van der Waals surface area contributed by atoms with Crippen LogP contribution in [0.15, 0.2) is 53.6 Å². The Morgan fingerprint density at radius 3 is 2.83 bits per heavy atom. The van der Waals surface area contributed by atoms with Gasteiger partial charge in [-0.05, 0) is 23.8 Å². The minimum Gasteiger partial charge on any atom is -0.372 e. The highest BCUT2D eigenvalue weighted by atomic mass is 35.5. The number of ether oxygens (including phenoxy) is 1. The molecule has 0 saturated carbocycles. The summed E-state index contributed by atoms with van der Waals surface area (Å²) in [4.78, 5) is 17.3. The number of halogens is 1. The van der Waals surface area contributed by atoms with E-state index in [1.165, 1.54) is 0 Å². The Morgan fingerprint density at radius 1 is 1.21 bits per heavy atom. The van der Waals surface area contributed by atoms with Crippen LogP contribution in [0.5, 0.6) is 0 Å². The molecule has 0 amide bonds. The molecule has 0 bridgehead atoms. The molecule has 3 aromatic rings. The third kappa shape index (κ3) is 3.33. The second-order valence-corrected chi connectivity index (χ2v) is 5.61. The fourth-order valence-electron chi connectivity index (χ4n) is 2.43. The molecule has 0 aliphatic heterocycles. The third-order valence-electron chi connectivity index (χ3n) is 3.59. The molecule has 1 aromatic heterocycles. The van der Waals surface area contributed by atoms with Crippen LogP contribution < -0.4 is 5.56 Å². The predicted octanol–water partition coefficient (Wildman–Crippen LogP) is 3.10. The van der Waals surface area contributed by atoms with E-state index in [9.17, 15) is 4.79 Å². The molecular formula is C19H15ClN2O2. The van der Waals surface area contributed by atoms with Crippen LogP contribution in [0.1, 0.15) is 11.1 Å². The largest absolute Gasteiger partial charge is 0.372 e. The summed E-state index contributed by atoms with van der Waals surface area (Å²) in [5.74, 6) is 5.86. The topological polar surface area (TPSA) is 44.1 Å². The minimum absolute atomic E-state index is 0.137. The van der Waals surface area contributed by atoms with Crippen LogP contribution in [-0.2, 0) is 11.3 Å². The highest BCUT2D eigenvalue weighted by Crippen LogP contribution is 2.16. The molecule has 0 aliphatic carbocycles. The van der Waals surface area contributed by atoms with Gasteiger partial charge in [-0.2, -0.15) is 0 Å². The Kier molecular flexibility index (Phi) is 4.95. The predicted molar refractivity (Wildman–Crippen MR) is 95.3 cm³/mol. The van der Waals surface area contributed by atoms with Crippen LogP contribution in [0.25, 0.3) is 10.9 Å². The maximum absolute atomic E-state index is 12.9. The lowest BCUT2D eigenvalue weighted by Crippen LogP contribution is -2.22. The number of benzene rings is 2. The standard InChI is InChI=1S/C19H15ClN2O2/c1-24-11-5-8-14-7-4-10-17-18(14)19(23)22(13-21-17)12-15-6-2-3-9-16(15)20/h2-4,6-7,9-10,13H,11-12H2,1H3. The van der Waals surface area contributed by atoms with E-state index in [4.69, 9.17) is 16.3 Å². The smallest absolute Gasteiger partial charge is 0.262 e. The van der Waals surface area contributed by atoms with Gasteiger partial charge in [0.05, 0.1) is 23.8 Å². The summed E-state index contributed by atoms with van der Waals surface area (Å²) < 4.78 is 6.48. The fraction of sp³-hybridized carbons (Fsp3) is 0.158. The molecular weight excluding hydrogens is 324 g/mol. The van der Waals surface area contributed by atoms with Gasteiger partial charge in [0.15, 0.2) is 0 Å². The van der Waals surface area contributed by atoms with Gasteiger partial charge in [-0.25, -0.2) is 4.98 Å². The van der Waals surface area contributed by atoms with Gasteiger partial charge in [0.25, 0.3) is 5.56 Å². The van der Waals surface area contributed by atoms with Gasteiger partial charge in [-0.3, -0.25) is 9.36 Å². The van der Waals surface area contributed by atoms with E-state index >= 15 is 0 Å². The molecule has 0 aliphatic rings. The van der Waals surface area contributed by atoms with Gasteiger partial charge >= 0.3 is 0 Å². The van der Waals surface area contributed by atoms with Crippen molar-refractivity contribution in [2.45, 2.75) is 6.54 Å². The van der Waals surface area contributed by atoms with Crippen LogP contribution in [0.4, 0.5) is 0 Å². The van der Waals surface area contributed by atoms with E-state index in [1.807, 2.05) is 30.3 Å². The fourth-order valence-corrected chi connectivity index (χ4v) is 2.63. The lowest BCUT2D eigenvalue weighted by Gasteiger charge is -2.09. The zero-order valence-corrected chi connectivity index (χ0v) is 13.9. The minimum atomic E-state index is -0.137. The maximum Gasteiger partial charge on any atom is 0.262 e. The Balaban J connectivity index is 2.10. The zero-order valence-electron chi connectivity index (χ0n) is 13.1. The van der Waals surface area contributed by atoms with Crippen molar-refractivity contribution < 1.29 is 4.74 Å². The number of aromatic nitrogens is 2. The SMILES string of the molecule is COCC#Cc1cccc2ncn(Cc3ccccc3Cl)c(=O)c12. The van der Waals surface area contributed by atoms with Crippen molar-refractivity contribution in [2.75, 3.05) is 13.7 Å². The first-order valence-electron chi connectivity index (χ1n) is 7.40. The van der Waals surface area contributed by atoms with E-state index in [0.717, 1.165) is 5.56 Å². The van der Waals surface area contributed by atoms with Crippen molar-refractivity contribution >= 4 is 22.5 Å². The molecule has 0 saturated heterocycles. The summed E-state index contributed by atoms with van der Waals surface area (Å²) in [7, 11) is 1.58. The van der Waals surface area contributed by atoms with Crippen molar-refractivity contribution in [3.63, 3.8) is 0 Å². The maximum atomic E-state index is 12.9. The number of nitrogens with zero attached hydrogens (tertiary/aromatic N) is 2. The lowest BCUT2D eigenvalue weighted by atomic mass is 10.1. The Bertz CT molecular complexity index is 999. The normalized spacial score (nSPS) is 10.4. The number of hydrogen-bond donors (Lipinski definition) is 0. The molecule has 1 heterocycles. The molecule has 0 spiro atoms. The Morgan fingerprint density at radius 2 is 2.04 bits per heavy atom. The van der Waals surface area contributed by atoms with Gasteiger partial charge in [0.2, 0.25) is 0 Å². The Hall–Kier alpha value is -2.61. The first-order chi connectivity index (χ1) is 11.7. The molecule has 120 valence electrons. The molecule has 0 atom stereocenters. The van der Waals surface area contributed by atoms with E-state index in [-0.39, 0.29) is 5.56 Å². The Labute approximate surface area is 144 Å². The highest BCUT2D eigenvalue weighted by molar-refractivity contribution is 6.31. The monoisotopic (exact) mass is 338 g/mol. The molecule has 5 heteroatoms. The van der Waals surface area contributed by atoms with E-state index in [2.05, 4.69) is 16.8 Å². The molecule has 4 nitrogen and oxygen atoms in total. The van der Waals surface area contributed by atoms with Gasteiger partial charge in [0, 0.05) is 17.7 Å². The van der Waals surface area contributed by atoms with E-state index in [0.29, 0.717) is 34.6 Å². The van der Waals surface area contributed by atoms with Crippen molar-refractivity contribution in [2.24, 2.45) is 0 Å². The van der Waals surface area contributed by atoms with Crippen LogP contribution in [0.3, 0.4) is 0 Å². The van der Waals surface area contributed by atoms with Crippen LogP contribution in [0, 0.1) is 11.8 Å². The number of rotatable bonds is 3. The lowest BCUT2D eigenvalue weighted by molar-refractivity contribution is 0.240. The molecule has 24 heavy (non-hydrogen) atoms. The van der Waals surface area contributed by atoms with Gasteiger partial charge in [0.1, 0.15) is 6.61 Å².